The fourth-order valence-electron chi connectivity index (χ4n) is 3.84. The van der Waals surface area contributed by atoms with Crippen molar-refractivity contribution >= 4 is 22.5 Å². The summed E-state index contributed by atoms with van der Waals surface area (Å²) in [5, 5.41) is 11.6. The number of piperazine rings is 1. The van der Waals surface area contributed by atoms with Crippen LogP contribution in [0.5, 0.6) is 11.5 Å². The van der Waals surface area contributed by atoms with Crippen LogP contribution < -0.4 is 19.8 Å². The monoisotopic (exact) mass is 425 g/mol. The van der Waals surface area contributed by atoms with E-state index in [1.165, 1.54) is 19.2 Å². The van der Waals surface area contributed by atoms with Crippen molar-refractivity contribution in [1.82, 2.24) is 4.90 Å². The Morgan fingerprint density at radius 3 is 2.48 bits per heavy atom. The van der Waals surface area contributed by atoms with Gasteiger partial charge in [-0.05, 0) is 0 Å². The van der Waals surface area contributed by atoms with Gasteiger partial charge in [0, 0.05) is 62.6 Å². The number of benzene rings is 2. The molecule has 2 aromatic carbocycles. The van der Waals surface area contributed by atoms with Gasteiger partial charge in [-0.15, -0.1) is 0 Å². The molecular formula is C22H23N3O6. The third-order valence-corrected chi connectivity index (χ3v) is 5.48. The average molecular weight is 425 g/mol. The maximum Gasteiger partial charge on any atom is 0.273 e. The fraction of sp³-hybridized carbons (Fsp3) is 0.318. The van der Waals surface area contributed by atoms with E-state index in [1.54, 1.807) is 31.4 Å². The molecule has 0 N–H and O–H groups in total. The van der Waals surface area contributed by atoms with Gasteiger partial charge in [-0.1, -0.05) is 18.2 Å². The lowest BCUT2D eigenvalue weighted by Gasteiger charge is -2.34. The van der Waals surface area contributed by atoms with E-state index in [0.29, 0.717) is 66.6 Å². The molecule has 0 saturated carbocycles. The van der Waals surface area contributed by atoms with Crippen molar-refractivity contribution in [3.05, 3.63) is 68.4 Å². The normalized spacial score (nSPS) is 14.6. The van der Waals surface area contributed by atoms with Gasteiger partial charge in [0.2, 0.25) is 0 Å². The Bertz CT molecular complexity index is 1170. The van der Waals surface area contributed by atoms with Gasteiger partial charge < -0.3 is 18.8 Å². The molecule has 1 saturated heterocycles. The first-order valence-corrected chi connectivity index (χ1v) is 9.89. The second kappa shape index (κ2) is 8.65. The molecule has 0 atom stereocenters. The van der Waals surface area contributed by atoms with E-state index >= 15 is 0 Å². The van der Waals surface area contributed by atoms with Gasteiger partial charge >= 0.3 is 0 Å². The first-order valence-electron chi connectivity index (χ1n) is 9.89. The number of nitro groups is 1. The van der Waals surface area contributed by atoms with Gasteiger partial charge in [0.15, 0.2) is 11.3 Å². The largest absolute Gasteiger partial charge is 0.496 e. The summed E-state index contributed by atoms with van der Waals surface area (Å²) in [5.74, 6) is 1.43. The second-order valence-electron chi connectivity index (χ2n) is 7.30. The van der Waals surface area contributed by atoms with E-state index in [4.69, 9.17) is 13.9 Å². The first kappa shape index (κ1) is 20.7. The summed E-state index contributed by atoms with van der Waals surface area (Å²) >= 11 is 0. The lowest BCUT2D eigenvalue weighted by atomic mass is 10.1. The van der Waals surface area contributed by atoms with Gasteiger partial charge in [0.1, 0.15) is 22.5 Å². The number of ether oxygens (including phenoxy) is 2. The lowest BCUT2D eigenvalue weighted by Crippen LogP contribution is -2.46. The lowest BCUT2D eigenvalue weighted by molar-refractivity contribution is -0.385. The van der Waals surface area contributed by atoms with Crippen LogP contribution in [0.2, 0.25) is 0 Å². The molecule has 0 aliphatic carbocycles. The Balaban J connectivity index is 1.53. The predicted molar refractivity (Wildman–Crippen MR) is 116 cm³/mol. The molecule has 0 radical (unpaired) electrons. The maximum absolute atomic E-state index is 12.7. The molecule has 0 amide bonds. The summed E-state index contributed by atoms with van der Waals surface area (Å²) in [4.78, 5) is 27.8. The van der Waals surface area contributed by atoms with E-state index in [1.807, 2.05) is 11.0 Å². The van der Waals surface area contributed by atoms with Crippen molar-refractivity contribution in [3.8, 4) is 11.5 Å². The van der Waals surface area contributed by atoms with Crippen molar-refractivity contribution in [2.45, 2.75) is 6.54 Å². The number of hydrogen-bond donors (Lipinski definition) is 0. The zero-order valence-electron chi connectivity index (χ0n) is 17.4. The Labute approximate surface area is 178 Å². The zero-order valence-corrected chi connectivity index (χ0v) is 17.4. The highest BCUT2D eigenvalue weighted by Crippen LogP contribution is 2.31. The standard InChI is InChI=1S/C22H23N3O6/c1-29-16-11-19(30-2)22-18(26)13-21(31-20(22)12-16)24-9-7-23(8-10-24)14-15-5-3-4-6-17(15)25(27)28/h3-6,11-13H,7-10,14H2,1-2H3. The molecule has 0 spiro atoms. The SMILES string of the molecule is COc1cc(OC)c2c(=O)cc(N3CCN(Cc4ccccc4[N+](=O)[O-])CC3)oc2c1. The molecule has 1 aromatic heterocycles. The third kappa shape index (κ3) is 4.17. The molecule has 0 unspecified atom stereocenters. The van der Waals surface area contributed by atoms with E-state index in [2.05, 4.69) is 4.90 Å². The quantitative estimate of drug-likeness (QED) is 0.439. The topological polar surface area (TPSA) is 98.3 Å². The Morgan fingerprint density at radius 1 is 1.06 bits per heavy atom. The Morgan fingerprint density at radius 2 is 1.81 bits per heavy atom. The number of para-hydroxylation sites is 1. The van der Waals surface area contributed by atoms with E-state index in [9.17, 15) is 14.9 Å². The summed E-state index contributed by atoms with van der Waals surface area (Å²) in [5.41, 5.74) is 1.05. The molecule has 2 heterocycles. The molecule has 31 heavy (non-hydrogen) atoms. The van der Waals surface area contributed by atoms with Gasteiger partial charge in [0.25, 0.3) is 5.69 Å². The highest BCUT2D eigenvalue weighted by atomic mass is 16.6. The van der Waals surface area contributed by atoms with E-state index in [-0.39, 0.29) is 16.0 Å². The van der Waals surface area contributed by atoms with Crippen LogP contribution in [0.1, 0.15) is 5.56 Å². The number of methoxy groups -OCH3 is 2. The molecule has 4 rings (SSSR count). The number of fused-ring (bicyclic) bond motifs is 1. The average Bonchev–Trinajstić information content (AvgIpc) is 2.78. The number of nitro benzene ring substituents is 1. The van der Waals surface area contributed by atoms with Crippen molar-refractivity contribution in [1.29, 1.82) is 0 Å². The number of nitrogens with zero attached hydrogens (tertiary/aromatic N) is 3. The van der Waals surface area contributed by atoms with Crippen LogP contribution in [0.4, 0.5) is 11.6 Å². The number of hydrogen-bond acceptors (Lipinski definition) is 8. The van der Waals surface area contributed by atoms with Crippen LogP contribution in [0, 0.1) is 10.1 Å². The van der Waals surface area contributed by atoms with Crippen molar-refractivity contribution in [3.63, 3.8) is 0 Å². The molecule has 0 bridgehead atoms. The molecule has 9 heteroatoms. The highest BCUT2D eigenvalue weighted by Gasteiger charge is 2.23. The van der Waals surface area contributed by atoms with Crippen LogP contribution in [0.15, 0.2) is 51.7 Å². The van der Waals surface area contributed by atoms with Crippen LogP contribution in [-0.2, 0) is 6.54 Å². The predicted octanol–water partition coefficient (Wildman–Crippen LogP) is 3.04. The molecule has 1 aliphatic heterocycles. The molecule has 162 valence electrons. The van der Waals surface area contributed by atoms with Crippen LogP contribution in [-0.4, -0.2) is 50.2 Å². The van der Waals surface area contributed by atoms with Crippen molar-refractivity contribution in [2.75, 3.05) is 45.3 Å². The van der Waals surface area contributed by atoms with Crippen LogP contribution in [0.25, 0.3) is 11.0 Å². The summed E-state index contributed by atoms with van der Waals surface area (Å²) in [6.07, 6.45) is 0. The van der Waals surface area contributed by atoms with Crippen LogP contribution >= 0.6 is 0 Å². The fourth-order valence-corrected chi connectivity index (χ4v) is 3.84. The van der Waals surface area contributed by atoms with Crippen molar-refractivity contribution in [2.24, 2.45) is 0 Å². The summed E-state index contributed by atoms with van der Waals surface area (Å²) in [6.45, 7) is 3.15. The zero-order chi connectivity index (χ0) is 22.0. The molecule has 9 nitrogen and oxygen atoms in total. The van der Waals surface area contributed by atoms with E-state index < -0.39 is 0 Å². The molecular weight excluding hydrogens is 402 g/mol. The van der Waals surface area contributed by atoms with Crippen LogP contribution in [0.3, 0.4) is 0 Å². The Hall–Kier alpha value is -3.59. The summed E-state index contributed by atoms with van der Waals surface area (Å²) < 4.78 is 16.6. The third-order valence-electron chi connectivity index (χ3n) is 5.48. The smallest absolute Gasteiger partial charge is 0.273 e. The van der Waals surface area contributed by atoms with Gasteiger partial charge in [-0.2, -0.15) is 0 Å². The summed E-state index contributed by atoms with van der Waals surface area (Å²) in [7, 11) is 3.04. The minimum Gasteiger partial charge on any atom is -0.496 e. The number of anilines is 1. The molecule has 3 aromatic rings. The molecule has 1 fully saturated rings. The second-order valence-corrected chi connectivity index (χ2v) is 7.30. The maximum atomic E-state index is 12.7. The summed E-state index contributed by atoms with van der Waals surface area (Å²) in [6, 6.07) is 11.6. The van der Waals surface area contributed by atoms with Crippen molar-refractivity contribution < 1.29 is 18.8 Å². The van der Waals surface area contributed by atoms with Gasteiger partial charge in [-0.25, -0.2) is 0 Å². The first-order chi connectivity index (χ1) is 15.0. The van der Waals surface area contributed by atoms with Gasteiger partial charge in [-0.3, -0.25) is 19.8 Å². The molecule has 1 aliphatic rings. The van der Waals surface area contributed by atoms with E-state index in [0.717, 1.165) is 0 Å². The number of rotatable bonds is 6. The highest BCUT2D eigenvalue weighted by molar-refractivity contribution is 5.86. The minimum absolute atomic E-state index is 0.133. The minimum atomic E-state index is -0.349. The van der Waals surface area contributed by atoms with Gasteiger partial charge in [0.05, 0.1) is 19.1 Å². The Kier molecular flexibility index (Phi) is 5.77.